The summed E-state index contributed by atoms with van der Waals surface area (Å²) in [6.45, 7) is 0.121. The molecule has 1 amide bonds. The highest BCUT2D eigenvalue weighted by Crippen LogP contribution is 2.30. The molecule has 0 spiro atoms. The van der Waals surface area contributed by atoms with Gasteiger partial charge in [-0.25, -0.2) is 4.98 Å². The monoisotopic (exact) mass is 448 g/mol. The third kappa shape index (κ3) is 3.95. The molecule has 2 aromatic carbocycles. The number of amides is 1. The highest BCUT2D eigenvalue weighted by Gasteiger charge is 2.30. The molecule has 0 saturated heterocycles. The number of hydrogen-bond acceptors (Lipinski definition) is 2. The summed E-state index contributed by atoms with van der Waals surface area (Å²) in [5, 5.41) is 4.58. The van der Waals surface area contributed by atoms with Gasteiger partial charge in [0.05, 0.1) is 17.4 Å². The lowest BCUT2D eigenvalue weighted by molar-refractivity contribution is -0.137. The number of rotatable bonds is 4. The molecule has 0 radical (unpaired) electrons. The first kappa shape index (κ1) is 20.8. The Kier molecular flexibility index (Phi) is 4.92. The van der Waals surface area contributed by atoms with E-state index in [1.54, 1.807) is 22.9 Å². The molecular weight excluding hydrogens is 429 g/mol. The van der Waals surface area contributed by atoms with Crippen LogP contribution < -0.4 is 5.32 Å². The van der Waals surface area contributed by atoms with E-state index in [2.05, 4.69) is 10.3 Å². The summed E-state index contributed by atoms with van der Waals surface area (Å²) < 4.78 is 43.2. The summed E-state index contributed by atoms with van der Waals surface area (Å²) in [4.78, 5) is 17.6. The number of aryl methyl sites for hydroxylation is 1. The Bertz CT molecular complexity index is 1500. The minimum absolute atomic E-state index is 0.121. The SMILES string of the molecule is Cn1ccc2cc(NC(=O)c3cc4ccccc4n3Cc3cccc(C(F)(F)F)c3)cnc21. The number of aromatic nitrogens is 3. The topological polar surface area (TPSA) is 51.9 Å². The number of carbonyl (C=O) groups excluding carboxylic acids is 1. The molecule has 0 aliphatic heterocycles. The standard InChI is InChI=1S/C25H19F3N4O/c1-31-10-9-18-12-20(14-29-23(18)31)30-24(33)22-13-17-6-2-3-8-21(17)32(22)15-16-5-4-7-19(11-16)25(26,27)28/h2-14H,15H2,1H3,(H,30,33). The van der Waals surface area contributed by atoms with Crippen LogP contribution in [0.4, 0.5) is 18.9 Å². The molecular formula is C25H19F3N4O. The van der Waals surface area contributed by atoms with Crippen molar-refractivity contribution >= 4 is 33.5 Å². The predicted octanol–water partition coefficient (Wildman–Crippen LogP) is 5.85. The molecule has 5 aromatic rings. The number of benzene rings is 2. The van der Waals surface area contributed by atoms with Gasteiger partial charge in [0.15, 0.2) is 0 Å². The molecule has 0 aliphatic carbocycles. The maximum Gasteiger partial charge on any atom is 0.416 e. The molecule has 5 rings (SSSR count). The van der Waals surface area contributed by atoms with Gasteiger partial charge in [0.2, 0.25) is 0 Å². The Morgan fingerprint density at radius 3 is 2.64 bits per heavy atom. The number of nitrogens with zero attached hydrogens (tertiary/aromatic N) is 3. The van der Waals surface area contributed by atoms with Gasteiger partial charge in [-0.3, -0.25) is 4.79 Å². The Morgan fingerprint density at radius 2 is 1.82 bits per heavy atom. The van der Waals surface area contributed by atoms with E-state index in [9.17, 15) is 18.0 Å². The number of carbonyl (C=O) groups is 1. The van der Waals surface area contributed by atoms with Gasteiger partial charge in [-0.15, -0.1) is 0 Å². The zero-order valence-electron chi connectivity index (χ0n) is 17.6. The first-order chi connectivity index (χ1) is 15.8. The van der Waals surface area contributed by atoms with Crippen LogP contribution >= 0.6 is 0 Å². The van der Waals surface area contributed by atoms with Crippen LogP contribution in [0.5, 0.6) is 0 Å². The van der Waals surface area contributed by atoms with E-state index in [0.717, 1.165) is 34.1 Å². The maximum atomic E-state index is 13.2. The van der Waals surface area contributed by atoms with Crippen molar-refractivity contribution in [1.29, 1.82) is 0 Å². The predicted molar refractivity (Wildman–Crippen MR) is 121 cm³/mol. The molecule has 3 aromatic heterocycles. The van der Waals surface area contributed by atoms with E-state index in [4.69, 9.17) is 0 Å². The van der Waals surface area contributed by atoms with Crippen LogP contribution in [0.15, 0.2) is 79.1 Å². The molecule has 5 nitrogen and oxygen atoms in total. The van der Waals surface area contributed by atoms with Gasteiger partial charge >= 0.3 is 6.18 Å². The smallest absolute Gasteiger partial charge is 0.336 e. The Balaban J connectivity index is 1.51. The van der Waals surface area contributed by atoms with Crippen LogP contribution in [0.3, 0.4) is 0 Å². The molecule has 0 aliphatic rings. The summed E-state index contributed by atoms with van der Waals surface area (Å²) in [6.07, 6.45) is -0.964. The van der Waals surface area contributed by atoms with Crippen molar-refractivity contribution in [2.45, 2.75) is 12.7 Å². The van der Waals surface area contributed by atoms with E-state index in [1.165, 1.54) is 6.07 Å². The summed E-state index contributed by atoms with van der Waals surface area (Å²) in [5.74, 6) is -0.366. The van der Waals surface area contributed by atoms with Crippen molar-refractivity contribution in [2.24, 2.45) is 7.05 Å². The van der Waals surface area contributed by atoms with Crippen molar-refractivity contribution in [2.75, 3.05) is 5.32 Å². The van der Waals surface area contributed by atoms with Crippen LogP contribution in [-0.2, 0) is 19.8 Å². The van der Waals surface area contributed by atoms with E-state index >= 15 is 0 Å². The molecule has 33 heavy (non-hydrogen) atoms. The molecule has 166 valence electrons. The van der Waals surface area contributed by atoms with Gasteiger partial charge in [0.1, 0.15) is 11.3 Å². The molecule has 0 bridgehead atoms. The van der Waals surface area contributed by atoms with Crippen molar-refractivity contribution in [1.82, 2.24) is 14.1 Å². The third-order valence-corrected chi connectivity index (χ3v) is 5.60. The fourth-order valence-corrected chi connectivity index (χ4v) is 4.02. The second-order valence-electron chi connectivity index (χ2n) is 7.89. The zero-order chi connectivity index (χ0) is 23.2. The maximum absolute atomic E-state index is 13.2. The van der Waals surface area contributed by atoms with Gasteiger partial charge in [-0.1, -0.05) is 30.3 Å². The normalized spacial score (nSPS) is 11.9. The highest BCUT2D eigenvalue weighted by atomic mass is 19.4. The quantitative estimate of drug-likeness (QED) is 0.375. The van der Waals surface area contributed by atoms with Crippen molar-refractivity contribution in [3.05, 3.63) is 95.9 Å². The van der Waals surface area contributed by atoms with Crippen molar-refractivity contribution in [3.8, 4) is 0 Å². The second kappa shape index (κ2) is 7.81. The van der Waals surface area contributed by atoms with E-state index in [1.807, 2.05) is 54.2 Å². The van der Waals surface area contributed by atoms with Crippen LogP contribution in [0.25, 0.3) is 21.9 Å². The molecule has 0 unspecified atom stereocenters. The van der Waals surface area contributed by atoms with Crippen LogP contribution in [-0.4, -0.2) is 20.0 Å². The highest BCUT2D eigenvalue weighted by molar-refractivity contribution is 6.07. The van der Waals surface area contributed by atoms with Crippen LogP contribution in [0.1, 0.15) is 21.6 Å². The summed E-state index contributed by atoms with van der Waals surface area (Å²) >= 11 is 0. The zero-order valence-corrected chi connectivity index (χ0v) is 17.6. The fourth-order valence-electron chi connectivity index (χ4n) is 4.02. The average molecular weight is 448 g/mol. The molecule has 1 N–H and O–H groups in total. The summed E-state index contributed by atoms with van der Waals surface area (Å²) in [7, 11) is 1.89. The number of halogens is 3. The minimum Gasteiger partial charge on any atom is -0.336 e. The third-order valence-electron chi connectivity index (χ3n) is 5.60. The molecule has 0 saturated carbocycles. The van der Waals surface area contributed by atoms with E-state index in [-0.39, 0.29) is 12.5 Å². The first-order valence-electron chi connectivity index (χ1n) is 10.3. The number of anilines is 1. The van der Waals surface area contributed by atoms with E-state index in [0.29, 0.717) is 16.9 Å². The van der Waals surface area contributed by atoms with Gasteiger partial charge in [-0.2, -0.15) is 13.2 Å². The molecule has 0 atom stereocenters. The lowest BCUT2D eigenvalue weighted by Gasteiger charge is -2.13. The van der Waals surface area contributed by atoms with Gasteiger partial charge in [-0.05, 0) is 42.0 Å². The molecule has 3 heterocycles. The number of para-hydroxylation sites is 1. The van der Waals surface area contributed by atoms with Gasteiger partial charge < -0.3 is 14.5 Å². The Hall–Kier alpha value is -4.07. The first-order valence-corrected chi connectivity index (χ1v) is 10.3. The fraction of sp³-hybridized carbons (Fsp3) is 0.120. The number of fused-ring (bicyclic) bond motifs is 2. The number of alkyl halides is 3. The van der Waals surface area contributed by atoms with Crippen molar-refractivity contribution < 1.29 is 18.0 Å². The van der Waals surface area contributed by atoms with Gasteiger partial charge in [0, 0.05) is 36.1 Å². The van der Waals surface area contributed by atoms with Gasteiger partial charge in [0.25, 0.3) is 5.91 Å². The van der Waals surface area contributed by atoms with Crippen LogP contribution in [0.2, 0.25) is 0 Å². The largest absolute Gasteiger partial charge is 0.416 e. The number of hydrogen-bond donors (Lipinski definition) is 1. The Morgan fingerprint density at radius 1 is 1.00 bits per heavy atom. The molecule has 0 fully saturated rings. The average Bonchev–Trinajstić information content (AvgIpc) is 3.34. The minimum atomic E-state index is -4.43. The molecule has 8 heteroatoms. The van der Waals surface area contributed by atoms with Crippen molar-refractivity contribution in [3.63, 3.8) is 0 Å². The van der Waals surface area contributed by atoms with E-state index < -0.39 is 11.7 Å². The lowest BCUT2D eigenvalue weighted by atomic mass is 10.1. The number of nitrogens with one attached hydrogen (secondary N) is 1. The summed E-state index contributed by atoms with van der Waals surface area (Å²) in [5.41, 5.74) is 2.18. The van der Waals surface area contributed by atoms with Crippen LogP contribution in [0, 0.1) is 0 Å². The summed E-state index contributed by atoms with van der Waals surface area (Å²) in [6, 6.07) is 18.0. The lowest BCUT2D eigenvalue weighted by Crippen LogP contribution is -2.18. The number of pyridine rings is 1. The Labute approximate surface area is 187 Å². The second-order valence-corrected chi connectivity index (χ2v) is 7.89.